The Morgan fingerprint density at radius 2 is 2.10 bits per heavy atom. The number of nitrogen functional groups attached to an aromatic ring is 1. The number of benzene rings is 1. The molecule has 1 aromatic rings. The third-order valence-electron chi connectivity index (χ3n) is 3.46. The molecule has 0 atom stereocenters. The minimum atomic E-state index is -0.505. The SMILES string of the molecule is CCN(C(=O)COC(=O)c1cc(N)ccc1C)C1CC1. The van der Waals surface area contributed by atoms with Gasteiger partial charge in [-0.25, -0.2) is 4.79 Å². The fourth-order valence-corrected chi connectivity index (χ4v) is 2.17. The molecule has 0 radical (unpaired) electrons. The number of hydrogen-bond donors (Lipinski definition) is 1. The Kier molecular flexibility index (Phi) is 4.27. The number of ether oxygens (including phenoxy) is 1. The van der Waals surface area contributed by atoms with Gasteiger partial charge in [-0.2, -0.15) is 0 Å². The number of anilines is 1. The fraction of sp³-hybridized carbons (Fsp3) is 0.467. The minimum Gasteiger partial charge on any atom is -0.452 e. The van der Waals surface area contributed by atoms with E-state index in [0.29, 0.717) is 23.8 Å². The van der Waals surface area contributed by atoms with Crippen molar-refractivity contribution in [1.82, 2.24) is 4.90 Å². The van der Waals surface area contributed by atoms with Crippen LogP contribution < -0.4 is 5.73 Å². The zero-order valence-electron chi connectivity index (χ0n) is 11.9. The van der Waals surface area contributed by atoms with Gasteiger partial charge in [-0.15, -0.1) is 0 Å². The lowest BCUT2D eigenvalue weighted by atomic mass is 10.1. The molecule has 2 rings (SSSR count). The van der Waals surface area contributed by atoms with E-state index in [9.17, 15) is 9.59 Å². The summed E-state index contributed by atoms with van der Waals surface area (Å²) in [5, 5.41) is 0. The number of amides is 1. The molecule has 2 N–H and O–H groups in total. The van der Waals surface area contributed by atoms with Crippen molar-refractivity contribution in [2.75, 3.05) is 18.9 Å². The highest BCUT2D eigenvalue weighted by Crippen LogP contribution is 2.26. The van der Waals surface area contributed by atoms with Crippen LogP contribution in [0.5, 0.6) is 0 Å². The van der Waals surface area contributed by atoms with E-state index in [1.807, 2.05) is 6.92 Å². The quantitative estimate of drug-likeness (QED) is 0.657. The molecule has 108 valence electrons. The van der Waals surface area contributed by atoms with Crippen LogP contribution in [-0.2, 0) is 9.53 Å². The van der Waals surface area contributed by atoms with Crippen molar-refractivity contribution in [2.24, 2.45) is 0 Å². The summed E-state index contributed by atoms with van der Waals surface area (Å²) in [6, 6.07) is 5.39. The van der Waals surface area contributed by atoms with Crippen LogP contribution in [0.1, 0.15) is 35.7 Å². The number of carbonyl (C=O) groups is 2. The van der Waals surface area contributed by atoms with Gasteiger partial charge >= 0.3 is 5.97 Å². The molecule has 0 saturated heterocycles. The molecule has 0 bridgehead atoms. The van der Waals surface area contributed by atoms with Crippen LogP contribution in [0.15, 0.2) is 18.2 Å². The molecular formula is C15H20N2O3. The molecule has 1 amide bonds. The normalized spacial score (nSPS) is 13.9. The van der Waals surface area contributed by atoms with Crippen LogP contribution in [0.25, 0.3) is 0 Å². The van der Waals surface area contributed by atoms with Crippen LogP contribution in [-0.4, -0.2) is 36.0 Å². The summed E-state index contributed by atoms with van der Waals surface area (Å²) in [6.45, 7) is 4.18. The molecule has 0 unspecified atom stereocenters. The van der Waals surface area contributed by atoms with Crippen molar-refractivity contribution in [3.05, 3.63) is 29.3 Å². The highest BCUT2D eigenvalue weighted by molar-refractivity contribution is 5.93. The number of likely N-dealkylation sites (N-methyl/N-ethyl adjacent to an activating group) is 1. The van der Waals surface area contributed by atoms with E-state index in [4.69, 9.17) is 10.5 Å². The van der Waals surface area contributed by atoms with Gasteiger partial charge < -0.3 is 15.4 Å². The van der Waals surface area contributed by atoms with Crippen molar-refractivity contribution in [3.8, 4) is 0 Å². The lowest BCUT2D eigenvalue weighted by Gasteiger charge is -2.20. The smallest absolute Gasteiger partial charge is 0.338 e. The van der Waals surface area contributed by atoms with E-state index in [1.165, 1.54) is 0 Å². The van der Waals surface area contributed by atoms with E-state index in [2.05, 4.69) is 0 Å². The van der Waals surface area contributed by atoms with E-state index < -0.39 is 5.97 Å². The second-order valence-corrected chi connectivity index (χ2v) is 5.06. The summed E-state index contributed by atoms with van der Waals surface area (Å²) in [4.78, 5) is 25.7. The first-order chi connectivity index (χ1) is 9.52. The molecule has 1 saturated carbocycles. The number of carbonyl (C=O) groups excluding carboxylic acids is 2. The van der Waals surface area contributed by atoms with E-state index in [0.717, 1.165) is 18.4 Å². The zero-order chi connectivity index (χ0) is 14.7. The Morgan fingerprint density at radius 1 is 1.40 bits per heavy atom. The average molecular weight is 276 g/mol. The Morgan fingerprint density at radius 3 is 2.70 bits per heavy atom. The first kappa shape index (κ1) is 14.4. The van der Waals surface area contributed by atoms with Gasteiger partial charge in [0.05, 0.1) is 5.56 Å². The Labute approximate surface area is 118 Å². The molecule has 5 nitrogen and oxygen atoms in total. The maximum absolute atomic E-state index is 12.0. The Bertz CT molecular complexity index is 524. The minimum absolute atomic E-state index is 0.134. The molecule has 0 heterocycles. The summed E-state index contributed by atoms with van der Waals surface area (Å²) < 4.78 is 5.10. The molecule has 1 aliphatic carbocycles. The second-order valence-electron chi connectivity index (χ2n) is 5.06. The molecule has 1 aromatic carbocycles. The molecule has 0 spiro atoms. The first-order valence-electron chi connectivity index (χ1n) is 6.85. The van der Waals surface area contributed by atoms with Gasteiger partial charge in [0.25, 0.3) is 5.91 Å². The van der Waals surface area contributed by atoms with Gasteiger partial charge in [0.15, 0.2) is 6.61 Å². The number of hydrogen-bond acceptors (Lipinski definition) is 4. The molecule has 20 heavy (non-hydrogen) atoms. The molecular weight excluding hydrogens is 256 g/mol. The van der Waals surface area contributed by atoms with Crippen molar-refractivity contribution in [3.63, 3.8) is 0 Å². The van der Waals surface area contributed by atoms with E-state index >= 15 is 0 Å². The number of rotatable bonds is 5. The topological polar surface area (TPSA) is 72.6 Å². The average Bonchev–Trinajstić information content (AvgIpc) is 3.24. The van der Waals surface area contributed by atoms with Gasteiger partial charge in [0.2, 0.25) is 0 Å². The Balaban J connectivity index is 1.94. The predicted molar refractivity (Wildman–Crippen MR) is 76.3 cm³/mol. The maximum atomic E-state index is 12.0. The zero-order valence-corrected chi connectivity index (χ0v) is 11.9. The largest absolute Gasteiger partial charge is 0.452 e. The van der Waals surface area contributed by atoms with Crippen LogP contribution in [0.2, 0.25) is 0 Å². The van der Waals surface area contributed by atoms with Crippen LogP contribution in [0.4, 0.5) is 5.69 Å². The van der Waals surface area contributed by atoms with E-state index in [1.54, 1.807) is 30.0 Å². The van der Waals surface area contributed by atoms with Gasteiger partial charge in [-0.3, -0.25) is 4.79 Å². The number of nitrogens with two attached hydrogens (primary N) is 1. The highest BCUT2D eigenvalue weighted by Gasteiger charge is 2.31. The van der Waals surface area contributed by atoms with Crippen molar-refractivity contribution < 1.29 is 14.3 Å². The summed E-state index contributed by atoms with van der Waals surface area (Å²) >= 11 is 0. The predicted octanol–water partition coefficient (Wildman–Crippen LogP) is 1.74. The molecule has 0 aliphatic heterocycles. The summed E-state index contributed by atoms with van der Waals surface area (Å²) in [7, 11) is 0. The molecule has 1 aliphatic rings. The van der Waals surface area contributed by atoms with Gasteiger partial charge in [0.1, 0.15) is 0 Å². The monoisotopic (exact) mass is 276 g/mol. The summed E-state index contributed by atoms with van der Waals surface area (Å²) in [6.07, 6.45) is 2.09. The second kappa shape index (κ2) is 5.94. The summed E-state index contributed by atoms with van der Waals surface area (Å²) in [5.74, 6) is -0.639. The lowest BCUT2D eigenvalue weighted by molar-refractivity contribution is -0.134. The third-order valence-corrected chi connectivity index (χ3v) is 3.46. The Hall–Kier alpha value is -2.04. The summed E-state index contributed by atoms with van der Waals surface area (Å²) in [5.41, 5.74) is 7.35. The number of aryl methyl sites for hydroxylation is 1. The van der Waals surface area contributed by atoms with Gasteiger partial charge in [-0.1, -0.05) is 6.07 Å². The lowest BCUT2D eigenvalue weighted by Crippen LogP contribution is -2.36. The van der Waals surface area contributed by atoms with Crippen molar-refractivity contribution in [2.45, 2.75) is 32.7 Å². The first-order valence-corrected chi connectivity index (χ1v) is 6.85. The van der Waals surface area contributed by atoms with Crippen LogP contribution in [0, 0.1) is 6.92 Å². The van der Waals surface area contributed by atoms with Crippen LogP contribution in [0.3, 0.4) is 0 Å². The third kappa shape index (κ3) is 3.29. The number of esters is 1. The standard InChI is InChI=1S/C15H20N2O3/c1-3-17(12-6-7-12)14(18)9-20-15(19)13-8-11(16)5-4-10(13)2/h4-5,8,12H,3,6-7,9,16H2,1-2H3. The van der Waals surface area contributed by atoms with Gasteiger partial charge in [0, 0.05) is 18.3 Å². The van der Waals surface area contributed by atoms with Crippen molar-refractivity contribution >= 4 is 17.6 Å². The highest BCUT2D eigenvalue weighted by atomic mass is 16.5. The maximum Gasteiger partial charge on any atom is 0.338 e. The molecule has 0 aromatic heterocycles. The molecule has 1 fully saturated rings. The number of nitrogens with zero attached hydrogens (tertiary/aromatic N) is 1. The van der Waals surface area contributed by atoms with E-state index in [-0.39, 0.29) is 12.5 Å². The van der Waals surface area contributed by atoms with Gasteiger partial charge in [-0.05, 0) is 44.4 Å². The molecule has 5 heteroatoms. The fourth-order valence-electron chi connectivity index (χ4n) is 2.17. The van der Waals surface area contributed by atoms with Crippen molar-refractivity contribution in [1.29, 1.82) is 0 Å². The van der Waals surface area contributed by atoms with Crippen LogP contribution >= 0.6 is 0 Å².